The zero-order valence-electron chi connectivity index (χ0n) is 11.8. The van der Waals surface area contributed by atoms with E-state index in [0.717, 1.165) is 0 Å². The number of anilines is 1. The highest BCUT2D eigenvalue weighted by molar-refractivity contribution is 5.92. The Labute approximate surface area is 118 Å². The Kier molecular flexibility index (Phi) is 4.51. The summed E-state index contributed by atoms with van der Waals surface area (Å²) in [6.45, 7) is 1.31. The van der Waals surface area contributed by atoms with Gasteiger partial charge in [0.25, 0.3) is 5.91 Å². The molecule has 1 saturated heterocycles. The van der Waals surface area contributed by atoms with Crippen molar-refractivity contribution in [3.8, 4) is 0 Å². The van der Waals surface area contributed by atoms with Gasteiger partial charge in [0, 0.05) is 46.7 Å². The van der Waals surface area contributed by atoms with Crippen LogP contribution in [0.4, 0.5) is 5.82 Å². The molecule has 0 unspecified atom stereocenters. The van der Waals surface area contributed by atoms with Crippen LogP contribution in [0, 0.1) is 0 Å². The molecule has 1 aliphatic heterocycles. The Hall–Kier alpha value is -1.73. The molecule has 0 aromatic carbocycles. The predicted molar refractivity (Wildman–Crippen MR) is 73.5 cm³/mol. The molecule has 1 aromatic rings. The van der Waals surface area contributed by atoms with Crippen molar-refractivity contribution in [3.63, 3.8) is 0 Å². The molecule has 1 amide bonds. The number of nitrogens with zero attached hydrogens (tertiary/aromatic N) is 3. The number of nitrogens with one attached hydrogen (secondary N) is 1. The van der Waals surface area contributed by atoms with Gasteiger partial charge in [0.05, 0.1) is 18.0 Å². The minimum atomic E-state index is -0.878. The highest BCUT2D eigenvalue weighted by Gasteiger charge is 2.32. The zero-order chi connectivity index (χ0) is 14.6. The van der Waals surface area contributed by atoms with Crippen LogP contribution < -0.4 is 5.32 Å². The average Bonchev–Trinajstić information content (AvgIpc) is 2.46. The lowest BCUT2D eigenvalue weighted by molar-refractivity contribution is -0.0734. The summed E-state index contributed by atoms with van der Waals surface area (Å²) in [7, 11) is 3.37. The molecule has 7 heteroatoms. The second-order valence-corrected chi connectivity index (χ2v) is 5.04. The normalized spacial score (nSPS) is 17.6. The maximum Gasteiger partial charge on any atom is 0.273 e. The Bertz CT molecular complexity index is 474. The van der Waals surface area contributed by atoms with Gasteiger partial charge in [-0.1, -0.05) is 0 Å². The average molecular weight is 280 g/mol. The van der Waals surface area contributed by atoms with Gasteiger partial charge in [-0.05, 0) is 0 Å². The minimum absolute atomic E-state index is 0.255. The molecule has 0 radical (unpaired) electrons. The van der Waals surface area contributed by atoms with Gasteiger partial charge in [-0.2, -0.15) is 0 Å². The van der Waals surface area contributed by atoms with Gasteiger partial charge < -0.3 is 20.1 Å². The van der Waals surface area contributed by atoms with Crippen molar-refractivity contribution in [2.45, 2.75) is 18.4 Å². The molecule has 2 rings (SSSR count). The highest BCUT2D eigenvalue weighted by atomic mass is 16.5. The first-order chi connectivity index (χ1) is 9.54. The van der Waals surface area contributed by atoms with Crippen LogP contribution in [0.15, 0.2) is 12.4 Å². The van der Waals surface area contributed by atoms with Gasteiger partial charge in [0.1, 0.15) is 11.5 Å². The Morgan fingerprint density at radius 2 is 2.20 bits per heavy atom. The number of rotatable bonds is 4. The summed E-state index contributed by atoms with van der Waals surface area (Å²) in [6.07, 6.45) is 4.04. The van der Waals surface area contributed by atoms with Gasteiger partial charge >= 0.3 is 0 Å². The third kappa shape index (κ3) is 3.43. The molecule has 1 aliphatic rings. The number of aromatic nitrogens is 2. The first kappa shape index (κ1) is 14.7. The Balaban J connectivity index is 2.04. The molecule has 7 nitrogen and oxygen atoms in total. The van der Waals surface area contributed by atoms with Crippen LogP contribution in [0.2, 0.25) is 0 Å². The molecule has 110 valence electrons. The van der Waals surface area contributed by atoms with E-state index in [1.165, 1.54) is 11.1 Å². The lowest BCUT2D eigenvalue weighted by atomic mass is 9.94. The van der Waals surface area contributed by atoms with E-state index in [9.17, 15) is 9.90 Å². The summed E-state index contributed by atoms with van der Waals surface area (Å²) in [6, 6.07) is 0. The molecule has 1 aromatic heterocycles. The van der Waals surface area contributed by atoms with Crippen LogP contribution in [0.3, 0.4) is 0 Å². The van der Waals surface area contributed by atoms with Crippen LogP contribution in [-0.2, 0) is 4.74 Å². The van der Waals surface area contributed by atoms with E-state index in [1.54, 1.807) is 20.3 Å². The molecule has 0 saturated carbocycles. The van der Waals surface area contributed by atoms with Crippen molar-refractivity contribution in [3.05, 3.63) is 18.1 Å². The van der Waals surface area contributed by atoms with Crippen molar-refractivity contribution in [2.75, 3.05) is 39.2 Å². The molecule has 0 spiro atoms. The topological polar surface area (TPSA) is 87.6 Å². The van der Waals surface area contributed by atoms with Crippen molar-refractivity contribution in [2.24, 2.45) is 0 Å². The molecule has 1 fully saturated rings. The largest absolute Gasteiger partial charge is 0.388 e. The van der Waals surface area contributed by atoms with E-state index in [4.69, 9.17) is 4.74 Å². The summed E-state index contributed by atoms with van der Waals surface area (Å²) < 4.78 is 5.23. The number of aliphatic hydroxyl groups is 1. The van der Waals surface area contributed by atoms with Crippen LogP contribution in [0.5, 0.6) is 0 Å². The number of hydrogen-bond donors (Lipinski definition) is 2. The zero-order valence-corrected chi connectivity index (χ0v) is 11.8. The third-order valence-electron chi connectivity index (χ3n) is 3.41. The monoisotopic (exact) mass is 280 g/mol. The van der Waals surface area contributed by atoms with E-state index in [0.29, 0.717) is 31.9 Å². The Morgan fingerprint density at radius 3 is 2.85 bits per heavy atom. The number of likely N-dealkylation sites (N-methyl/N-ethyl adjacent to an activating group) is 1. The fourth-order valence-electron chi connectivity index (χ4n) is 2.21. The second-order valence-electron chi connectivity index (χ2n) is 5.04. The maximum atomic E-state index is 12.3. The van der Waals surface area contributed by atoms with E-state index in [-0.39, 0.29) is 18.1 Å². The molecule has 0 atom stereocenters. The fraction of sp³-hybridized carbons (Fsp3) is 0.615. The van der Waals surface area contributed by atoms with Crippen molar-refractivity contribution in [1.29, 1.82) is 0 Å². The molecule has 20 heavy (non-hydrogen) atoms. The van der Waals surface area contributed by atoms with Crippen molar-refractivity contribution < 1.29 is 14.6 Å². The van der Waals surface area contributed by atoms with E-state index in [1.807, 2.05) is 0 Å². The number of hydrogen-bond acceptors (Lipinski definition) is 6. The standard InChI is InChI=1S/C13H20N4O3/c1-14-11-8-15-7-10(16-11)12(18)17(2)9-13(19)3-5-20-6-4-13/h7-8,19H,3-6,9H2,1-2H3,(H,14,16). The van der Waals surface area contributed by atoms with Crippen molar-refractivity contribution in [1.82, 2.24) is 14.9 Å². The molecular formula is C13H20N4O3. The Morgan fingerprint density at radius 1 is 1.50 bits per heavy atom. The van der Waals surface area contributed by atoms with Crippen LogP contribution in [0.25, 0.3) is 0 Å². The summed E-state index contributed by atoms with van der Waals surface area (Å²) in [4.78, 5) is 21.9. The molecule has 2 N–H and O–H groups in total. The SMILES string of the molecule is CNc1cncc(C(=O)N(C)CC2(O)CCOCC2)n1. The fourth-order valence-corrected chi connectivity index (χ4v) is 2.21. The molecule has 2 heterocycles. The van der Waals surface area contributed by atoms with Crippen LogP contribution in [-0.4, -0.2) is 65.3 Å². The van der Waals surface area contributed by atoms with Crippen LogP contribution in [0.1, 0.15) is 23.3 Å². The first-order valence-corrected chi connectivity index (χ1v) is 6.59. The number of amides is 1. The number of ether oxygens (including phenoxy) is 1. The number of carbonyl (C=O) groups is 1. The van der Waals surface area contributed by atoms with E-state index < -0.39 is 5.60 Å². The maximum absolute atomic E-state index is 12.3. The summed E-state index contributed by atoms with van der Waals surface area (Å²) in [5.41, 5.74) is -0.619. The van der Waals surface area contributed by atoms with Gasteiger partial charge in [0.15, 0.2) is 0 Å². The number of carbonyl (C=O) groups excluding carboxylic acids is 1. The quantitative estimate of drug-likeness (QED) is 0.815. The minimum Gasteiger partial charge on any atom is -0.388 e. The molecule has 0 bridgehead atoms. The third-order valence-corrected chi connectivity index (χ3v) is 3.41. The molecular weight excluding hydrogens is 260 g/mol. The highest BCUT2D eigenvalue weighted by Crippen LogP contribution is 2.21. The van der Waals surface area contributed by atoms with E-state index >= 15 is 0 Å². The summed E-state index contributed by atoms with van der Waals surface area (Å²) in [5.74, 6) is 0.281. The van der Waals surface area contributed by atoms with Crippen LogP contribution >= 0.6 is 0 Å². The first-order valence-electron chi connectivity index (χ1n) is 6.59. The predicted octanol–water partition coefficient (Wildman–Crippen LogP) is 0.132. The summed E-state index contributed by atoms with van der Waals surface area (Å²) in [5, 5.41) is 13.3. The van der Waals surface area contributed by atoms with Crippen molar-refractivity contribution >= 4 is 11.7 Å². The lowest BCUT2D eigenvalue weighted by Crippen LogP contribution is -2.47. The molecule has 0 aliphatic carbocycles. The lowest BCUT2D eigenvalue weighted by Gasteiger charge is -2.35. The smallest absolute Gasteiger partial charge is 0.273 e. The second kappa shape index (κ2) is 6.15. The van der Waals surface area contributed by atoms with Gasteiger partial charge in [-0.3, -0.25) is 9.78 Å². The van der Waals surface area contributed by atoms with E-state index in [2.05, 4.69) is 15.3 Å². The summed E-state index contributed by atoms with van der Waals surface area (Å²) >= 11 is 0. The van der Waals surface area contributed by atoms with Gasteiger partial charge in [-0.25, -0.2) is 4.98 Å². The van der Waals surface area contributed by atoms with Gasteiger partial charge in [-0.15, -0.1) is 0 Å². The van der Waals surface area contributed by atoms with Gasteiger partial charge in [0.2, 0.25) is 0 Å².